The fourth-order valence-electron chi connectivity index (χ4n) is 2.99. The van der Waals surface area contributed by atoms with Crippen LogP contribution in [-0.4, -0.2) is 29.8 Å². The Balaban J connectivity index is 1.99. The number of halogens is 1. The lowest BCUT2D eigenvalue weighted by atomic mass is 10.1. The number of hydrogen-bond donors (Lipinski definition) is 1. The van der Waals surface area contributed by atoms with Gasteiger partial charge in [-0.1, -0.05) is 29.8 Å². The lowest BCUT2D eigenvalue weighted by Gasteiger charge is -2.21. The molecule has 2 aromatic carbocycles. The Morgan fingerprint density at radius 2 is 1.62 bits per heavy atom. The Morgan fingerprint density at radius 3 is 2.15 bits per heavy atom. The number of amides is 2. The predicted molar refractivity (Wildman–Crippen MR) is 102 cm³/mol. The smallest absolute Gasteiger partial charge is 0.244 e. The van der Waals surface area contributed by atoms with Crippen LogP contribution >= 0.6 is 0 Å². The largest absolute Gasteiger partial charge is 0.333 e. The molecule has 0 spiro atoms. The quantitative estimate of drug-likeness (QED) is 0.856. The molecule has 2 amide bonds. The highest BCUT2D eigenvalue weighted by molar-refractivity contribution is 5.95. The summed E-state index contributed by atoms with van der Waals surface area (Å²) in [6.07, 6.45) is 0.565. The van der Waals surface area contributed by atoms with Gasteiger partial charge in [0.15, 0.2) is 0 Å². The third kappa shape index (κ3) is 5.41. The van der Waals surface area contributed by atoms with Gasteiger partial charge in [-0.05, 0) is 56.0 Å². The molecule has 0 bridgehead atoms. The number of aryl methyl sites for hydroxylation is 3. The monoisotopic (exact) mass is 356 g/mol. The van der Waals surface area contributed by atoms with Crippen LogP contribution < -0.4 is 5.32 Å². The number of carbonyl (C=O) groups is 2. The van der Waals surface area contributed by atoms with E-state index in [2.05, 4.69) is 5.32 Å². The molecular weight excluding hydrogens is 331 g/mol. The molecule has 0 aromatic heterocycles. The van der Waals surface area contributed by atoms with Gasteiger partial charge in [0.05, 0.1) is 6.54 Å². The average molecular weight is 356 g/mol. The zero-order chi connectivity index (χ0) is 19.3. The Hall–Kier alpha value is -2.69. The van der Waals surface area contributed by atoms with Crippen LogP contribution in [0.4, 0.5) is 10.1 Å². The van der Waals surface area contributed by atoms with E-state index in [9.17, 15) is 14.0 Å². The molecule has 138 valence electrons. The molecule has 0 heterocycles. The molecule has 0 aliphatic rings. The van der Waals surface area contributed by atoms with Crippen LogP contribution in [0.2, 0.25) is 0 Å². The van der Waals surface area contributed by atoms with Crippen molar-refractivity contribution in [2.24, 2.45) is 0 Å². The third-order valence-electron chi connectivity index (χ3n) is 4.30. The number of rotatable bonds is 6. The van der Waals surface area contributed by atoms with Gasteiger partial charge in [-0.2, -0.15) is 0 Å². The molecule has 2 aromatic rings. The fourth-order valence-corrected chi connectivity index (χ4v) is 2.99. The molecule has 0 saturated heterocycles. The Labute approximate surface area is 154 Å². The molecule has 2 rings (SSSR count). The first-order valence-corrected chi connectivity index (χ1v) is 8.64. The van der Waals surface area contributed by atoms with Crippen molar-refractivity contribution in [3.05, 3.63) is 64.5 Å². The lowest BCUT2D eigenvalue weighted by Crippen LogP contribution is -2.38. The van der Waals surface area contributed by atoms with Crippen LogP contribution in [0.15, 0.2) is 36.4 Å². The van der Waals surface area contributed by atoms with Crippen molar-refractivity contribution in [3.63, 3.8) is 0 Å². The van der Waals surface area contributed by atoms with Crippen LogP contribution in [0.5, 0.6) is 0 Å². The van der Waals surface area contributed by atoms with Gasteiger partial charge in [-0.3, -0.25) is 9.59 Å². The van der Waals surface area contributed by atoms with Crippen molar-refractivity contribution < 1.29 is 14.0 Å². The van der Waals surface area contributed by atoms with Crippen molar-refractivity contribution in [2.45, 2.75) is 34.1 Å². The van der Waals surface area contributed by atoms with E-state index >= 15 is 0 Å². The van der Waals surface area contributed by atoms with Gasteiger partial charge < -0.3 is 10.2 Å². The van der Waals surface area contributed by atoms with Gasteiger partial charge in [0.25, 0.3) is 0 Å². The van der Waals surface area contributed by atoms with E-state index in [1.54, 1.807) is 12.1 Å². The first-order chi connectivity index (χ1) is 12.3. The van der Waals surface area contributed by atoms with Crippen molar-refractivity contribution in [3.8, 4) is 0 Å². The molecule has 0 radical (unpaired) electrons. The summed E-state index contributed by atoms with van der Waals surface area (Å²) in [7, 11) is 0. The number of anilines is 1. The SMILES string of the molecule is CC(=O)N(CCc1ccc(F)cc1)CC(=O)Nc1c(C)cc(C)cc1C. The van der Waals surface area contributed by atoms with E-state index in [1.165, 1.54) is 24.0 Å². The lowest BCUT2D eigenvalue weighted by molar-refractivity contribution is -0.132. The van der Waals surface area contributed by atoms with Crippen LogP contribution in [0.1, 0.15) is 29.2 Å². The molecule has 0 unspecified atom stereocenters. The van der Waals surface area contributed by atoms with E-state index in [0.29, 0.717) is 13.0 Å². The summed E-state index contributed by atoms with van der Waals surface area (Å²) in [6.45, 7) is 7.75. The van der Waals surface area contributed by atoms with Crippen molar-refractivity contribution in [1.29, 1.82) is 0 Å². The second kappa shape index (κ2) is 8.61. The molecule has 26 heavy (non-hydrogen) atoms. The molecule has 0 saturated carbocycles. The minimum atomic E-state index is -0.291. The summed E-state index contributed by atoms with van der Waals surface area (Å²) < 4.78 is 13.0. The molecule has 0 atom stereocenters. The molecule has 4 nitrogen and oxygen atoms in total. The van der Waals surface area contributed by atoms with E-state index in [4.69, 9.17) is 0 Å². The van der Waals surface area contributed by atoms with Crippen LogP contribution in [0.3, 0.4) is 0 Å². The fraction of sp³-hybridized carbons (Fsp3) is 0.333. The van der Waals surface area contributed by atoms with Gasteiger partial charge in [0.1, 0.15) is 5.82 Å². The Morgan fingerprint density at radius 1 is 1.04 bits per heavy atom. The normalized spacial score (nSPS) is 10.5. The molecule has 0 aliphatic heterocycles. The van der Waals surface area contributed by atoms with E-state index in [1.807, 2.05) is 32.9 Å². The number of nitrogens with zero attached hydrogens (tertiary/aromatic N) is 1. The predicted octanol–water partition coefficient (Wildman–Crippen LogP) is 3.78. The summed E-state index contributed by atoms with van der Waals surface area (Å²) in [5.74, 6) is -0.686. The highest BCUT2D eigenvalue weighted by Gasteiger charge is 2.15. The molecule has 5 heteroatoms. The Kier molecular flexibility index (Phi) is 6.50. The highest BCUT2D eigenvalue weighted by atomic mass is 19.1. The first kappa shape index (κ1) is 19.6. The zero-order valence-electron chi connectivity index (χ0n) is 15.7. The highest BCUT2D eigenvalue weighted by Crippen LogP contribution is 2.21. The number of carbonyl (C=O) groups excluding carboxylic acids is 2. The van der Waals surface area contributed by atoms with Gasteiger partial charge in [-0.25, -0.2) is 4.39 Å². The summed E-state index contributed by atoms with van der Waals surface area (Å²) >= 11 is 0. The van der Waals surface area contributed by atoms with Crippen molar-refractivity contribution in [2.75, 3.05) is 18.4 Å². The maximum atomic E-state index is 13.0. The number of benzene rings is 2. The first-order valence-electron chi connectivity index (χ1n) is 8.64. The third-order valence-corrected chi connectivity index (χ3v) is 4.30. The second-order valence-corrected chi connectivity index (χ2v) is 6.64. The van der Waals surface area contributed by atoms with Crippen molar-refractivity contribution >= 4 is 17.5 Å². The van der Waals surface area contributed by atoms with Crippen LogP contribution in [0, 0.1) is 26.6 Å². The maximum absolute atomic E-state index is 13.0. The summed E-state index contributed by atoms with van der Waals surface area (Å²) in [5, 5.41) is 2.91. The number of nitrogens with one attached hydrogen (secondary N) is 1. The van der Waals surface area contributed by atoms with Crippen molar-refractivity contribution in [1.82, 2.24) is 4.90 Å². The van der Waals surface area contributed by atoms with Crippen LogP contribution in [-0.2, 0) is 16.0 Å². The maximum Gasteiger partial charge on any atom is 0.244 e. The van der Waals surface area contributed by atoms with Gasteiger partial charge in [0.2, 0.25) is 11.8 Å². The summed E-state index contributed by atoms with van der Waals surface area (Å²) in [4.78, 5) is 25.8. The Bertz CT molecular complexity index is 777. The molecule has 0 aliphatic carbocycles. The van der Waals surface area contributed by atoms with Gasteiger partial charge in [-0.15, -0.1) is 0 Å². The van der Waals surface area contributed by atoms with E-state index in [0.717, 1.165) is 27.9 Å². The van der Waals surface area contributed by atoms with E-state index < -0.39 is 0 Å². The van der Waals surface area contributed by atoms with Gasteiger partial charge in [0, 0.05) is 19.2 Å². The van der Waals surface area contributed by atoms with Crippen LogP contribution in [0.25, 0.3) is 0 Å². The minimum Gasteiger partial charge on any atom is -0.333 e. The van der Waals surface area contributed by atoms with Gasteiger partial charge >= 0.3 is 0 Å². The molecule has 0 fully saturated rings. The summed E-state index contributed by atoms with van der Waals surface area (Å²) in [6, 6.07) is 10.2. The topological polar surface area (TPSA) is 49.4 Å². The van der Waals surface area contributed by atoms with E-state index in [-0.39, 0.29) is 24.2 Å². The summed E-state index contributed by atoms with van der Waals surface area (Å²) in [5.41, 5.74) is 4.85. The zero-order valence-corrected chi connectivity index (χ0v) is 15.7. The standard InChI is InChI=1S/C21H25FN2O2/c1-14-11-15(2)21(16(3)12-14)23-20(26)13-24(17(4)25)10-9-18-5-7-19(22)8-6-18/h5-8,11-12H,9-10,13H2,1-4H3,(H,23,26). The second-order valence-electron chi connectivity index (χ2n) is 6.64. The number of hydrogen-bond acceptors (Lipinski definition) is 2. The molecule has 1 N–H and O–H groups in total. The average Bonchev–Trinajstić information content (AvgIpc) is 2.56. The minimum absolute atomic E-state index is 0.0106. The molecular formula is C21H25FN2O2.